The number of rotatable bonds is 3. The molecule has 25 heavy (non-hydrogen) atoms. The largest absolute Gasteiger partial charge is 0.335 e. The van der Waals surface area contributed by atoms with Gasteiger partial charge >= 0.3 is 0 Å². The number of nitrogens with one attached hydrogen (secondary N) is 1. The molecule has 1 N–H and O–H groups in total. The Morgan fingerprint density at radius 1 is 1.40 bits per heavy atom. The third kappa shape index (κ3) is 2.94. The van der Waals surface area contributed by atoms with Crippen molar-refractivity contribution in [1.29, 1.82) is 5.26 Å². The van der Waals surface area contributed by atoms with Crippen LogP contribution in [0.1, 0.15) is 25.7 Å². The van der Waals surface area contributed by atoms with Gasteiger partial charge in [-0.1, -0.05) is 18.2 Å². The SMILES string of the molecule is N#CC1=CC=C2SC(=NCCN3CCCCC3)NC23N=CCC(=O)C13. The van der Waals surface area contributed by atoms with Gasteiger partial charge in [0.2, 0.25) is 0 Å². The van der Waals surface area contributed by atoms with E-state index in [0.717, 1.165) is 36.3 Å². The number of thioether (sulfide) groups is 1. The number of nitrogens with zero attached hydrogens (tertiary/aromatic N) is 4. The summed E-state index contributed by atoms with van der Waals surface area (Å²) in [7, 11) is 0. The second-order valence-corrected chi connectivity index (χ2v) is 7.79. The fraction of sp³-hybridized carbons (Fsp3) is 0.556. The van der Waals surface area contributed by atoms with Crippen molar-refractivity contribution in [2.45, 2.75) is 31.3 Å². The Kier molecular flexibility index (Phi) is 4.48. The smallest absolute Gasteiger partial charge is 0.177 e. The van der Waals surface area contributed by atoms with Crippen molar-refractivity contribution in [3.63, 3.8) is 0 Å². The maximum absolute atomic E-state index is 12.5. The number of nitriles is 1. The van der Waals surface area contributed by atoms with E-state index in [0.29, 0.717) is 5.57 Å². The standard InChI is InChI=1S/C18H21N5OS/c19-12-13-4-5-15-18(16(13)14(24)6-7-21-18)22-17(25-15)20-8-11-23-9-2-1-3-10-23/h4-5,7,16H,1-3,6,8-11H2,(H,20,22). The van der Waals surface area contributed by atoms with E-state index in [1.165, 1.54) is 31.0 Å². The van der Waals surface area contributed by atoms with Crippen LogP contribution in [-0.4, -0.2) is 53.9 Å². The van der Waals surface area contributed by atoms with Gasteiger partial charge in [-0.15, -0.1) is 0 Å². The zero-order chi connectivity index (χ0) is 17.3. The molecule has 0 amide bonds. The molecule has 2 unspecified atom stereocenters. The molecule has 1 aliphatic carbocycles. The summed E-state index contributed by atoms with van der Waals surface area (Å²) in [6.45, 7) is 4.03. The lowest BCUT2D eigenvalue weighted by atomic mass is 9.77. The van der Waals surface area contributed by atoms with Gasteiger partial charge in [0.1, 0.15) is 5.92 Å². The first-order valence-electron chi connectivity index (χ1n) is 8.84. The van der Waals surface area contributed by atoms with Crippen LogP contribution in [0.4, 0.5) is 0 Å². The number of hydrogen-bond acceptors (Lipinski definition) is 6. The van der Waals surface area contributed by atoms with Gasteiger partial charge in [-0.3, -0.25) is 14.8 Å². The predicted octanol–water partition coefficient (Wildman–Crippen LogP) is 1.87. The van der Waals surface area contributed by atoms with E-state index in [9.17, 15) is 10.1 Å². The molecule has 0 aromatic carbocycles. The van der Waals surface area contributed by atoms with Crippen LogP contribution >= 0.6 is 11.8 Å². The molecule has 3 heterocycles. The molecule has 2 fully saturated rings. The van der Waals surface area contributed by atoms with Crippen LogP contribution in [0.3, 0.4) is 0 Å². The Labute approximate surface area is 151 Å². The highest BCUT2D eigenvalue weighted by Crippen LogP contribution is 2.48. The Morgan fingerprint density at radius 3 is 3.04 bits per heavy atom. The van der Waals surface area contributed by atoms with Crippen LogP contribution < -0.4 is 5.32 Å². The van der Waals surface area contributed by atoms with E-state index in [4.69, 9.17) is 4.99 Å². The van der Waals surface area contributed by atoms with Gasteiger partial charge in [0.25, 0.3) is 0 Å². The molecule has 0 bridgehead atoms. The summed E-state index contributed by atoms with van der Waals surface area (Å²) >= 11 is 1.53. The van der Waals surface area contributed by atoms with Gasteiger partial charge in [-0.25, -0.2) is 0 Å². The topological polar surface area (TPSA) is 80.8 Å². The minimum Gasteiger partial charge on any atom is -0.335 e. The highest BCUT2D eigenvalue weighted by molar-refractivity contribution is 8.17. The molecule has 0 radical (unpaired) electrons. The minimum atomic E-state index is -0.843. The van der Waals surface area contributed by atoms with Gasteiger partial charge in [0.15, 0.2) is 16.6 Å². The fourth-order valence-corrected chi connectivity index (χ4v) is 5.00. The molecule has 3 aliphatic heterocycles. The van der Waals surface area contributed by atoms with Crippen LogP contribution in [0.2, 0.25) is 0 Å². The highest BCUT2D eigenvalue weighted by atomic mass is 32.2. The Hall–Kier alpha value is -1.91. The maximum atomic E-state index is 12.5. The number of carbonyl (C=O) groups is 1. The number of ketones is 1. The third-order valence-corrected chi connectivity index (χ3v) is 6.27. The van der Waals surface area contributed by atoms with Gasteiger partial charge < -0.3 is 10.2 Å². The van der Waals surface area contributed by atoms with E-state index in [2.05, 4.69) is 21.3 Å². The lowest BCUT2D eigenvalue weighted by Gasteiger charge is -2.37. The molecule has 1 spiro atoms. The minimum absolute atomic E-state index is 0.0380. The van der Waals surface area contributed by atoms with Gasteiger partial charge in [0.05, 0.1) is 12.6 Å². The van der Waals surface area contributed by atoms with Crippen molar-refractivity contribution in [3.05, 3.63) is 22.6 Å². The van der Waals surface area contributed by atoms with Crippen LogP contribution in [0.25, 0.3) is 0 Å². The Morgan fingerprint density at radius 2 is 2.24 bits per heavy atom. The maximum Gasteiger partial charge on any atom is 0.177 e. The van der Waals surface area contributed by atoms with Crippen LogP contribution in [-0.2, 0) is 4.79 Å². The average molecular weight is 355 g/mol. The Balaban J connectivity index is 1.51. The lowest BCUT2D eigenvalue weighted by molar-refractivity contribution is -0.122. The second-order valence-electron chi connectivity index (χ2n) is 6.76. The molecular formula is C18H21N5OS. The number of Topliss-reactive ketones (excluding diaryl/α,β-unsaturated/α-hetero) is 1. The number of carbonyl (C=O) groups excluding carboxylic acids is 1. The molecule has 2 saturated heterocycles. The number of allylic oxidation sites excluding steroid dienone is 2. The van der Waals surface area contributed by atoms with Crippen molar-refractivity contribution in [3.8, 4) is 6.07 Å². The van der Waals surface area contributed by atoms with Crippen molar-refractivity contribution < 1.29 is 4.79 Å². The number of likely N-dealkylation sites (tertiary alicyclic amines) is 1. The van der Waals surface area contributed by atoms with E-state index in [1.54, 1.807) is 12.3 Å². The van der Waals surface area contributed by atoms with Crippen LogP contribution in [0, 0.1) is 17.2 Å². The summed E-state index contributed by atoms with van der Waals surface area (Å²) < 4.78 is 0. The zero-order valence-corrected chi connectivity index (χ0v) is 14.9. The highest BCUT2D eigenvalue weighted by Gasteiger charge is 2.55. The second kappa shape index (κ2) is 6.77. The molecule has 0 aromatic heterocycles. The number of hydrogen-bond donors (Lipinski definition) is 1. The van der Waals surface area contributed by atoms with E-state index >= 15 is 0 Å². The van der Waals surface area contributed by atoms with Crippen LogP contribution in [0.15, 0.2) is 32.6 Å². The van der Waals surface area contributed by atoms with Gasteiger partial charge in [-0.05, 0) is 38.1 Å². The molecule has 4 aliphatic rings. The molecule has 2 atom stereocenters. The van der Waals surface area contributed by atoms with Gasteiger partial charge in [-0.2, -0.15) is 5.26 Å². The zero-order valence-electron chi connectivity index (χ0n) is 14.1. The van der Waals surface area contributed by atoms with Crippen molar-refractivity contribution >= 4 is 28.9 Å². The molecular weight excluding hydrogens is 334 g/mol. The van der Waals surface area contributed by atoms with E-state index in [-0.39, 0.29) is 12.2 Å². The summed E-state index contributed by atoms with van der Waals surface area (Å²) in [4.78, 5) is 25.2. The quantitative estimate of drug-likeness (QED) is 0.836. The Bertz CT molecular complexity index is 741. The molecule has 4 rings (SSSR count). The first kappa shape index (κ1) is 16.6. The summed E-state index contributed by atoms with van der Waals surface area (Å²) in [5.74, 6) is -0.499. The van der Waals surface area contributed by atoms with E-state index < -0.39 is 11.6 Å². The number of aliphatic imine (C=N–C) groups is 2. The predicted molar refractivity (Wildman–Crippen MR) is 99.4 cm³/mol. The van der Waals surface area contributed by atoms with E-state index in [1.807, 2.05) is 6.08 Å². The van der Waals surface area contributed by atoms with Crippen molar-refractivity contribution in [1.82, 2.24) is 10.2 Å². The lowest BCUT2D eigenvalue weighted by Crippen LogP contribution is -2.54. The molecule has 130 valence electrons. The van der Waals surface area contributed by atoms with Crippen LogP contribution in [0.5, 0.6) is 0 Å². The molecule has 0 saturated carbocycles. The average Bonchev–Trinajstić information content (AvgIpc) is 2.99. The first-order chi connectivity index (χ1) is 12.2. The normalized spacial score (nSPS) is 33.2. The van der Waals surface area contributed by atoms with Crippen molar-refractivity contribution in [2.75, 3.05) is 26.2 Å². The molecule has 6 nitrogen and oxygen atoms in total. The molecule has 0 aromatic rings. The third-order valence-electron chi connectivity index (χ3n) is 5.18. The molecule has 7 heteroatoms. The summed E-state index contributed by atoms with van der Waals surface area (Å²) in [6.07, 6.45) is 9.49. The fourth-order valence-electron chi connectivity index (χ4n) is 3.92. The number of amidine groups is 1. The first-order valence-corrected chi connectivity index (χ1v) is 9.66. The van der Waals surface area contributed by atoms with Gasteiger partial charge in [0, 0.05) is 29.7 Å². The number of piperidine rings is 1. The monoisotopic (exact) mass is 355 g/mol. The summed E-state index contributed by atoms with van der Waals surface area (Å²) in [6, 6.07) is 2.17. The summed E-state index contributed by atoms with van der Waals surface area (Å²) in [5, 5.41) is 13.5. The summed E-state index contributed by atoms with van der Waals surface area (Å²) in [5.41, 5.74) is -0.364. The van der Waals surface area contributed by atoms with Crippen molar-refractivity contribution in [2.24, 2.45) is 15.9 Å².